The summed E-state index contributed by atoms with van der Waals surface area (Å²) in [7, 11) is 1.52. The number of hydrogen-bond donors (Lipinski definition) is 2. The largest absolute Gasteiger partial charge is 0.494 e. The molecule has 0 aliphatic heterocycles. The number of amides is 1. The first-order chi connectivity index (χ1) is 9.38. The van der Waals surface area contributed by atoms with Crippen LogP contribution in [0, 0.1) is 17.8 Å². The van der Waals surface area contributed by atoms with Gasteiger partial charge < -0.3 is 15.8 Å². The number of hydrogen-bond acceptors (Lipinski definition) is 3. The monoisotopic (exact) mass is 278 g/mol. The minimum atomic E-state index is -0.138. The maximum Gasteiger partial charge on any atom is 0.255 e. The van der Waals surface area contributed by atoms with Gasteiger partial charge >= 0.3 is 0 Å². The first kappa shape index (κ1) is 16.3. The molecule has 0 spiro atoms. The lowest BCUT2D eigenvalue weighted by Gasteiger charge is -2.25. The van der Waals surface area contributed by atoms with E-state index < -0.39 is 0 Å². The fraction of sp³-hybridized carbons (Fsp3) is 0.562. The fourth-order valence-corrected chi connectivity index (χ4v) is 2.51. The standard InChI is InChI=1S/C16H26N2O2/c1-10(2)13(11(3)4)9-18-16(19)12-7-6-8-14(17)15(12)20-5/h6-8,10-11,13H,9,17H2,1-5H3,(H,18,19). The quantitative estimate of drug-likeness (QED) is 0.786. The summed E-state index contributed by atoms with van der Waals surface area (Å²) in [5.74, 6) is 1.80. The van der Waals surface area contributed by atoms with Gasteiger partial charge in [0.1, 0.15) is 0 Å². The van der Waals surface area contributed by atoms with Gasteiger partial charge in [0.05, 0.1) is 18.4 Å². The molecule has 20 heavy (non-hydrogen) atoms. The van der Waals surface area contributed by atoms with E-state index in [2.05, 4.69) is 33.0 Å². The Balaban J connectivity index is 2.79. The number of nitrogens with one attached hydrogen (secondary N) is 1. The second-order valence-electron chi connectivity index (χ2n) is 5.79. The van der Waals surface area contributed by atoms with E-state index in [0.717, 1.165) is 0 Å². The van der Waals surface area contributed by atoms with Gasteiger partial charge in [-0.25, -0.2) is 0 Å². The molecule has 3 N–H and O–H groups in total. The Kier molecular flexibility index (Phi) is 5.86. The Morgan fingerprint density at radius 1 is 1.25 bits per heavy atom. The molecule has 0 radical (unpaired) electrons. The van der Waals surface area contributed by atoms with Crippen LogP contribution in [-0.2, 0) is 0 Å². The Morgan fingerprint density at radius 3 is 2.35 bits per heavy atom. The zero-order valence-corrected chi connectivity index (χ0v) is 13.1. The van der Waals surface area contributed by atoms with Gasteiger partial charge in [-0.1, -0.05) is 33.8 Å². The van der Waals surface area contributed by atoms with Crippen LogP contribution in [0.25, 0.3) is 0 Å². The number of nitrogens with two attached hydrogens (primary N) is 1. The van der Waals surface area contributed by atoms with Gasteiger partial charge in [-0.05, 0) is 29.9 Å². The van der Waals surface area contributed by atoms with Gasteiger partial charge in [0.25, 0.3) is 5.91 Å². The van der Waals surface area contributed by atoms with Crippen molar-refractivity contribution in [3.63, 3.8) is 0 Å². The average Bonchev–Trinajstić information content (AvgIpc) is 2.37. The van der Waals surface area contributed by atoms with E-state index in [1.165, 1.54) is 7.11 Å². The van der Waals surface area contributed by atoms with E-state index in [1.807, 2.05) is 0 Å². The third kappa shape index (κ3) is 3.89. The van der Waals surface area contributed by atoms with Gasteiger partial charge in [-0.2, -0.15) is 0 Å². The minimum absolute atomic E-state index is 0.138. The predicted molar refractivity (Wildman–Crippen MR) is 82.9 cm³/mol. The summed E-state index contributed by atoms with van der Waals surface area (Å²) in [5, 5.41) is 2.99. The molecule has 0 aliphatic carbocycles. The van der Waals surface area contributed by atoms with Gasteiger partial charge in [0, 0.05) is 6.54 Å². The first-order valence-electron chi connectivity index (χ1n) is 7.09. The van der Waals surface area contributed by atoms with Crippen LogP contribution in [0.15, 0.2) is 18.2 Å². The number of anilines is 1. The number of para-hydroxylation sites is 1. The molecule has 112 valence electrons. The molecule has 0 bridgehead atoms. The third-order valence-corrected chi connectivity index (χ3v) is 3.71. The molecule has 0 saturated heterocycles. The highest BCUT2D eigenvalue weighted by molar-refractivity contribution is 5.98. The van der Waals surface area contributed by atoms with Gasteiger partial charge in [-0.15, -0.1) is 0 Å². The molecular formula is C16H26N2O2. The zero-order chi connectivity index (χ0) is 15.3. The van der Waals surface area contributed by atoms with Crippen molar-refractivity contribution >= 4 is 11.6 Å². The number of nitrogen functional groups attached to an aromatic ring is 1. The highest BCUT2D eigenvalue weighted by Gasteiger charge is 2.20. The summed E-state index contributed by atoms with van der Waals surface area (Å²) < 4.78 is 5.21. The molecule has 4 nitrogen and oxygen atoms in total. The Labute approximate surface area is 121 Å². The Bertz CT molecular complexity index is 448. The summed E-state index contributed by atoms with van der Waals surface area (Å²) in [6, 6.07) is 5.21. The molecule has 0 fully saturated rings. The number of carbonyl (C=O) groups is 1. The lowest BCUT2D eigenvalue weighted by molar-refractivity contribution is 0.0934. The molecule has 0 atom stereocenters. The van der Waals surface area contributed by atoms with Gasteiger partial charge in [-0.3, -0.25) is 4.79 Å². The predicted octanol–water partition coefficient (Wildman–Crippen LogP) is 2.94. The van der Waals surface area contributed by atoms with E-state index in [4.69, 9.17) is 10.5 Å². The second-order valence-corrected chi connectivity index (χ2v) is 5.79. The van der Waals surface area contributed by atoms with Crippen molar-refractivity contribution in [1.29, 1.82) is 0 Å². The van der Waals surface area contributed by atoms with Crippen molar-refractivity contribution in [3.05, 3.63) is 23.8 Å². The summed E-state index contributed by atoms with van der Waals surface area (Å²) in [4.78, 5) is 12.3. The number of carbonyl (C=O) groups excluding carboxylic acids is 1. The first-order valence-corrected chi connectivity index (χ1v) is 7.09. The fourth-order valence-electron chi connectivity index (χ4n) is 2.51. The van der Waals surface area contributed by atoms with Crippen molar-refractivity contribution in [2.75, 3.05) is 19.4 Å². The van der Waals surface area contributed by atoms with Crippen molar-refractivity contribution in [2.24, 2.45) is 17.8 Å². The maximum atomic E-state index is 12.3. The topological polar surface area (TPSA) is 64.3 Å². The van der Waals surface area contributed by atoms with Crippen LogP contribution >= 0.6 is 0 Å². The lowest BCUT2D eigenvalue weighted by atomic mass is 9.85. The number of rotatable bonds is 6. The van der Waals surface area contributed by atoms with Gasteiger partial charge in [0.15, 0.2) is 5.75 Å². The van der Waals surface area contributed by atoms with E-state index >= 15 is 0 Å². The Morgan fingerprint density at radius 2 is 1.85 bits per heavy atom. The second kappa shape index (κ2) is 7.17. The normalized spacial score (nSPS) is 11.2. The van der Waals surface area contributed by atoms with Crippen molar-refractivity contribution in [2.45, 2.75) is 27.7 Å². The molecule has 1 aromatic carbocycles. The summed E-state index contributed by atoms with van der Waals surface area (Å²) in [6.07, 6.45) is 0. The van der Waals surface area contributed by atoms with Crippen LogP contribution in [0.5, 0.6) is 5.75 Å². The highest BCUT2D eigenvalue weighted by Crippen LogP contribution is 2.26. The maximum absolute atomic E-state index is 12.3. The average molecular weight is 278 g/mol. The van der Waals surface area contributed by atoms with Crippen LogP contribution in [0.2, 0.25) is 0 Å². The SMILES string of the molecule is COc1c(N)cccc1C(=O)NCC(C(C)C)C(C)C. The van der Waals surface area contributed by atoms with E-state index in [-0.39, 0.29) is 5.91 Å². The van der Waals surface area contributed by atoms with Gasteiger partial charge in [0.2, 0.25) is 0 Å². The molecule has 1 amide bonds. The third-order valence-electron chi connectivity index (χ3n) is 3.71. The molecule has 1 rings (SSSR count). The molecule has 0 heterocycles. The van der Waals surface area contributed by atoms with Crippen LogP contribution in [-0.4, -0.2) is 19.6 Å². The number of benzene rings is 1. The number of methoxy groups -OCH3 is 1. The Hall–Kier alpha value is -1.71. The lowest BCUT2D eigenvalue weighted by Crippen LogP contribution is -2.34. The molecule has 0 aromatic heterocycles. The highest BCUT2D eigenvalue weighted by atomic mass is 16.5. The van der Waals surface area contributed by atoms with E-state index in [1.54, 1.807) is 18.2 Å². The van der Waals surface area contributed by atoms with E-state index in [0.29, 0.717) is 41.3 Å². The smallest absolute Gasteiger partial charge is 0.255 e. The van der Waals surface area contributed by atoms with Crippen molar-refractivity contribution in [3.8, 4) is 5.75 Å². The minimum Gasteiger partial charge on any atom is -0.494 e. The molecular weight excluding hydrogens is 252 g/mol. The van der Waals surface area contributed by atoms with Crippen LogP contribution in [0.4, 0.5) is 5.69 Å². The summed E-state index contributed by atoms with van der Waals surface area (Å²) in [5.41, 5.74) is 6.78. The molecule has 0 saturated carbocycles. The van der Waals surface area contributed by atoms with E-state index in [9.17, 15) is 4.79 Å². The number of ether oxygens (including phenoxy) is 1. The summed E-state index contributed by atoms with van der Waals surface area (Å²) in [6.45, 7) is 9.37. The molecule has 0 aliphatic rings. The molecule has 0 unspecified atom stereocenters. The summed E-state index contributed by atoms with van der Waals surface area (Å²) >= 11 is 0. The zero-order valence-electron chi connectivity index (χ0n) is 13.1. The van der Waals surface area contributed by atoms with Crippen molar-refractivity contribution in [1.82, 2.24) is 5.32 Å². The van der Waals surface area contributed by atoms with Crippen molar-refractivity contribution < 1.29 is 9.53 Å². The molecule has 1 aromatic rings. The van der Waals surface area contributed by atoms with Crippen LogP contribution in [0.3, 0.4) is 0 Å². The van der Waals surface area contributed by atoms with Crippen LogP contribution in [0.1, 0.15) is 38.1 Å². The van der Waals surface area contributed by atoms with Crippen LogP contribution < -0.4 is 15.8 Å². The molecule has 4 heteroatoms.